The summed E-state index contributed by atoms with van der Waals surface area (Å²) in [6.45, 7) is 4.15. The summed E-state index contributed by atoms with van der Waals surface area (Å²) in [6, 6.07) is 13.8. The predicted molar refractivity (Wildman–Crippen MR) is 71.0 cm³/mol. The van der Waals surface area contributed by atoms with Crippen LogP contribution in [0.25, 0.3) is 0 Å². The van der Waals surface area contributed by atoms with Crippen molar-refractivity contribution in [3.8, 4) is 0 Å². The second-order valence-electron chi connectivity index (χ2n) is 4.24. The third-order valence-corrected chi connectivity index (χ3v) is 2.56. The van der Waals surface area contributed by atoms with Gasteiger partial charge in [-0.1, -0.05) is 6.07 Å². The Morgan fingerprint density at radius 3 is 2.00 bits per heavy atom. The quantitative estimate of drug-likeness (QED) is 0.804. The Hall–Kier alpha value is -2.09. The van der Waals surface area contributed by atoms with Gasteiger partial charge in [0.25, 0.3) is 0 Å². The molecule has 0 saturated heterocycles. The molecule has 0 amide bonds. The lowest BCUT2D eigenvalue weighted by Crippen LogP contribution is -1.92. The van der Waals surface area contributed by atoms with Gasteiger partial charge in [-0.15, -0.1) is 0 Å². The molecule has 0 heterocycles. The van der Waals surface area contributed by atoms with Crippen molar-refractivity contribution in [2.45, 2.75) is 13.8 Å². The predicted octanol–water partition coefficient (Wildman–Crippen LogP) is 3.86. The number of carbonyl (C=O) groups excluding carboxylic acids is 1. The molecule has 1 N–H and O–H groups in total. The molecule has 86 valence electrons. The molecule has 2 nitrogen and oxygen atoms in total. The normalized spacial score (nSPS) is 10.0. The summed E-state index contributed by atoms with van der Waals surface area (Å²) in [6.07, 6.45) is 0.848. The molecule has 2 rings (SSSR count). The third kappa shape index (κ3) is 2.94. The summed E-state index contributed by atoms with van der Waals surface area (Å²) in [5.41, 5.74) is 5.21. The van der Waals surface area contributed by atoms with Gasteiger partial charge in [-0.05, 0) is 61.4 Å². The highest BCUT2D eigenvalue weighted by Crippen LogP contribution is 2.19. The number of rotatable bonds is 3. The van der Waals surface area contributed by atoms with E-state index >= 15 is 0 Å². The van der Waals surface area contributed by atoms with Crippen LogP contribution >= 0.6 is 0 Å². The number of hydrogen-bond donors (Lipinski definition) is 1. The third-order valence-electron chi connectivity index (χ3n) is 2.56. The minimum Gasteiger partial charge on any atom is -0.356 e. The molecule has 0 aliphatic carbocycles. The Bertz CT molecular complexity index is 509. The Labute approximate surface area is 101 Å². The van der Waals surface area contributed by atoms with Crippen molar-refractivity contribution in [3.63, 3.8) is 0 Å². The molecule has 0 spiro atoms. The van der Waals surface area contributed by atoms with Gasteiger partial charge in [0.15, 0.2) is 0 Å². The van der Waals surface area contributed by atoms with Crippen molar-refractivity contribution in [1.82, 2.24) is 0 Å². The van der Waals surface area contributed by atoms with Gasteiger partial charge in [0, 0.05) is 16.9 Å². The first-order valence-corrected chi connectivity index (χ1v) is 5.58. The Kier molecular flexibility index (Phi) is 3.24. The van der Waals surface area contributed by atoms with Gasteiger partial charge >= 0.3 is 0 Å². The number of aldehydes is 1. The van der Waals surface area contributed by atoms with E-state index in [2.05, 4.69) is 37.4 Å². The number of hydrogen-bond acceptors (Lipinski definition) is 2. The largest absolute Gasteiger partial charge is 0.356 e. The minimum absolute atomic E-state index is 0.691. The lowest BCUT2D eigenvalue weighted by Gasteiger charge is -2.08. The molecule has 0 unspecified atom stereocenters. The van der Waals surface area contributed by atoms with Gasteiger partial charge in [0.1, 0.15) is 6.29 Å². The maximum Gasteiger partial charge on any atom is 0.150 e. The number of nitrogens with one attached hydrogen (secondary N) is 1. The van der Waals surface area contributed by atoms with E-state index in [9.17, 15) is 4.79 Å². The molecule has 0 saturated carbocycles. The molecule has 0 bridgehead atoms. The molecule has 0 aromatic heterocycles. The van der Waals surface area contributed by atoms with E-state index in [1.807, 2.05) is 12.1 Å². The van der Waals surface area contributed by atoms with E-state index in [-0.39, 0.29) is 0 Å². The fourth-order valence-corrected chi connectivity index (χ4v) is 1.86. The first-order valence-electron chi connectivity index (χ1n) is 5.58. The second kappa shape index (κ2) is 4.83. The van der Waals surface area contributed by atoms with Crippen molar-refractivity contribution in [3.05, 3.63) is 59.2 Å². The molecule has 0 radical (unpaired) electrons. The standard InChI is InChI=1S/C15H15NO/c1-11-7-12(2)9-15(8-11)16-14-5-3-13(10-17)4-6-14/h3-10,16H,1-2H3. The van der Waals surface area contributed by atoms with Crippen LogP contribution < -0.4 is 5.32 Å². The fraction of sp³-hybridized carbons (Fsp3) is 0.133. The molecular formula is C15H15NO. The molecule has 0 aliphatic rings. The molecule has 2 aromatic carbocycles. The van der Waals surface area contributed by atoms with Crippen LogP contribution in [0.4, 0.5) is 11.4 Å². The van der Waals surface area contributed by atoms with E-state index in [1.54, 1.807) is 12.1 Å². The first kappa shape index (κ1) is 11.4. The lowest BCUT2D eigenvalue weighted by molar-refractivity contribution is 0.112. The maximum atomic E-state index is 10.5. The minimum atomic E-state index is 0.691. The SMILES string of the molecule is Cc1cc(C)cc(Nc2ccc(C=O)cc2)c1. The van der Waals surface area contributed by atoms with Crippen LogP contribution in [0.3, 0.4) is 0 Å². The average molecular weight is 225 g/mol. The van der Waals surface area contributed by atoms with Crippen LogP contribution in [0.1, 0.15) is 21.5 Å². The maximum absolute atomic E-state index is 10.5. The van der Waals surface area contributed by atoms with Crippen molar-refractivity contribution >= 4 is 17.7 Å². The smallest absolute Gasteiger partial charge is 0.150 e. The van der Waals surface area contributed by atoms with Crippen LogP contribution in [0, 0.1) is 13.8 Å². The van der Waals surface area contributed by atoms with Gasteiger partial charge in [-0.2, -0.15) is 0 Å². The molecule has 0 atom stereocenters. The van der Waals surface area contributed by atoms with Crippen molar-refractivity contribution in [2.24, 2.45) is 0 Å². The highest BCUT2D eigenvalue weighted by molar-refractivity contribution is 5.76. The van der Waals surface area contributed by atoms with Crippen LogP contribution in [0.5, 0.6) is 0 Å². The summed E-state index contributed by atoms with van der Waals surface area (Å²) in [7, 11) is 0. The van der Waals surface area contributed by atoms with Crippen LogP contribution in [0.15, 0.2) is 42.5 Å². The first-order chi connectivity index (χ1) is 8.17. The van der Waals surface area contributed by atoms with Gasteiger partial charge in [0.2, 0.25) is 0 Å². The molecule has 17 heavy (non-hydrogen) atoms. The van der Waals surface area contributed by atoms with E-state index in [0.717, 1.165) is 17.7 Å². The lowest BCUT2D eigenvalue weighted by atomic mass is 10.1. The van der Waals surface area contributed by atoms with Crippen molar-refractivity contribution in [2.75, 3.05) is 5.32 Å². The van der Waals surface area contributed by atoms with Crippen molar-refractivity contribution < 1.29 is 4.79 Å². The van der Waals surface area contributed by atoms with Crippen LogP contribution in [-0.2, 0) is 0 Å². The zero-order valence-corrected chi connectivity index (χ0v) is 10.0. The molecular weight excluding hydrogens is 210 g/mol. The van der Waals surface area contributed by atoms with Crippen LogP contribution in [-0.4, -0.2) is 6.29 Å². The zero-order chi connectivity index (χ0) is 12.3. The summed E-state index contributed by atoms with van der Waals surface area (Å²) >= 11 is 0. The molecule has 0 fully saturated rings. The summed E-state index contributed by atoms with van der Waals surface area (Å²) in [4.78, 5) is 10.5. The van der Waals surface area contributed by atoms with Gasteiger partial charge < -0.3 is 5.32 Å². The highest BCUT2D eigenvalue weighted by Gasteiger charge is 1.97. The zero-order valence-electron chi connectivity index (χ0n) is 10.0. The van der Waals surface area contributed by atoms with Crippen molar-refractivity contribution in [1.29, 1.82) is 0 Å². The Morgan fingerprint density at radius 2 is 1.47 bits per heavy atom. The Balaban J connectivity index is 2.21. The van der Waals surface area contributed by atoms with Gasteiger partial charge in [-0.3, -0.25) is 4.79 Å². The summed E-state index contributed by atoms with van der Waals surface area (Å²) in [5, 5.41) is 3.32. The summed E-state index contributed by atoms with van der Waals surface area (Å²) < 4.78 is 0. The topological polar surface area (TPSA) is 29.1 Å². The number of aryl methyl sites for hydroxylation is 2. The second-order valence-corrected chi connectivity index (χ2v) is 4.24. The number of benzene rings is 2. The molecule has 0 aliphatic heterocycles. The Morgan fingerprint density at radius 1 is 0.882 bits per heavy atom. The van der Waals surface area contributed by atoms with E-state index < -0.39 is 0 Å². The van der Waals surface area contributed by atoms with E-state index in [4.69, 9.17) is 0 Å². The molecule has 2 heteroatoms. The van der Waals surface area contributed by atoms with Crippen LogP contribution in [0.2, 0.25) is 0 Å². The fourth-order valence-electron chi connectivity index (χ4n) is 1.86. The monoisotopic (exact) mass is 225 g/mol. The molecule has 2 aromatic rings. The summed E-state index contributed by atoms with van der Waals surface area (Å²) in [5.74, 6) is 0. The number of anilines is 2. The van der Waals surface area contributed by atoms with E-state index in [0.29, 0.717) is 5.56 Å². The highest BCUT2D eigenvalue weighted by atomic mass is 16.1. The number of carbonyl (C=O) groups is 1. The van der Waals surface area contributed by atoms with E-state index in [1.165, 1.54) is 11.1 Å². The van der Waals surface area contributed by atoms with Gasteiger partial charge in [0.05, 0.1) is 0 Å². The van der Waals surface area contributed by atoms with Gasteiger partial charge in [-0.25, -0.2) is 0 Å². The average Bonchev–Trinajstić information content (AvgIpc) is 2.28.